The summed E-state index contributed by atoms with van der Waals surface area (Å²) in [6.07, 6.45) is 3.11. The van der Waals surface area contributed by atoms with E-state index in [2.05, 4.69) is 11.9 Å². The van der Waals surface area contributed by atoms with Crippen molar-refractivity contribution >= 4 is 21.6 Å². The van der Waals surface area contributed by atoms with Crippen molar-refractivity contribution in [3.8, 4) is 11.1 Å². The van der Waals surface area contributed by atoms with Gasteiger partial charge in [-0.25, -0.2) is 4.79 Å². The topological polar surface area (TPSA) is 54.9 Å². The largest absolute Gasteiger partial charge is 0.329 e. The van der Waals surface area contributed by atoms with E-state index in [1.54, 1.807) is 4.57 Å². The van der Waals surface area contributed by atoms with Gasteiger partial charge in [-0.05, 0) is 12.0 Å². The van der Waals surface area contributed by atoms with Gasteiger partial charge in [-0.15, -0.1) is 11.3 Å². The number of nitrogens with one attached hydrogen (secondary N) is 1. The zero-order chi connectivity index (χ0) is 15.5. The van der Waals surface area contributed by atoms with Gasteiger partial charge in [0, 0.05) is 17.5 Å². The Balaban J connectivity index is 2.17. The molecule has 0 aliphatic heterocycles. The number of rotatable bonds is 5. The molecule has 0 aliphatic carbocycles. The number of fused-ring (bicyclic) bond motifs is 1. The van der Waals surface area contributed by atoms with Gasteiger partial charge in [-0.2, -0.15) is 0 Å². The Morgan fingerprint density at radius 3 is 2.64 bits per heavy atom. The van der Waals surface area contributed by atoms with E-state index in [9.17, 15) is 9.59 Å². The minimum atomic E-state index is -0.310. The van der Waals surface area contributed by atoms with Crippen molar-refractivity contribution < 1.29 is 0 Å². The van der Waals surface area contributed by atoms with E-state index in [1.807, 2.05) is 35.7 Å². The molecular formula is C17H18N2O2S. The molecule has 114 valence electrons. The van der Waals surface area contributed by atoms with E-state index >= 15 is 0 Å². The first kappa shape index (κ1) is 14.8. The van der Waals surface area contributed by atoms with Crippen molar-refractivity contribution in [1.82, 2.24) is 9.55 Å². The number of nitrogens with zero attached hydrogens (tertiary/aromatic N) is 1. The minimum absolute atomic E-state index is 0.299. The molecule has 0 saturated carbocycles. The van der Waals surface area contributed by atoms with Crippen LogP contribution in [0.2, 0.25) is 0 Å². The quantitative estimate of drug-likeness (QED) is 0.731. The molecule has 4 nitrogen and oxygen atoms in total. The molecule has 0 radical (unpaired) electrons. The fourth-order valence-electron chi connectivity index (χ4n) is 2.64. The number of aromatic nitrogens is 2. The number of H-pyrrole nitrogens is 1. The van der Waals surface area contributed by atoms with Crippen molar-refractivity contribution in [2.45, 2.75) is 32.7 Å². The van der Waals surface area contributed by atoms with E-state index in [0.29, 0.717) is 11.9 Å². The third-order valence-corrected chi connectivity index (χ3v) is 4.78. The fraction of sp³-hybridized carbons (Fsp3) is 0.294. The van der Waals surface area contributed by atoms with Crippen molar-refractivity contribution in [2.75, 3.05) is 0 Å². The summed E-state index contributed by atoms with van der Waals surface area (Å²) in [6, 6.07) is 9.80. The average molecular weight is 314 g/mol. The summed E-state index contributed by atoms with van der Waals surface area (Å²) in [5.74, 6) is 0. The van der Waals surface area contributed by atoms with Gasteiger partial charge in [0.1, 0.15) is 4.83 Å². The Morgan fingerprint density at radius 2 is 1.91 bits per heavy atom. The molecule has 5 heteroatoms. The van der Waals surface area contributed by atoms with Crippen LogP contribution in [-0.4, -0.2) is 9.55 Å². The first-order chi connectivity index (χ1) is 10.7. The normalized spacial score (nSPS) is 11.1. The second kappa shape index (κ2) is 6.32. The molecule has 1 N–H and O–H groups in total. The molecule has 0 fully saturated rings. The Hall–Kier alpha value is -2.14. The van der Waals surface area contributed by atoms with Gasteiger partial charge in [-0.3, -0.25) is 14.3 Å². The van der Waals surface area contributed by atoms with Gasteiger partial charge >= 0.3 is 5.69 Å². The number of benzene rings is 1. The molecule has 1 aromatic carbocycles. The first-order valence-electron chi connectivity index (χ1n) is 7.52. The highest BCUT2D eigenvalue weighted by Crippen LogP contribution is 2.30. The molecule has 2 heterocycles. The molecule has 0 aliphatic rings. The summed E-state index contributed by atoms with van der Waals surface area (Å²) in [7, 11) is 0. The Bertz CT molecular complexity index is 890. The van der Waals surface area contributed by atoms with E-state index in [4.69, 9.17) is 0 Å². The number of aromatic amines is 1. The van der Waals surface area contributed by atoms with Crippen LogP contribution in [0.15, 0.2) is 45.3 Å². The second-order valence-electron chi connectivity index (χ2n) is 5.31. The van der Waals surface area contributed by atoms with E-state index in [1.165, 1.54) is 11.3 Å². The summed E-state index contributed by atoms with van der Waals surface area (Å²) in [6.45, 7) is 2.78. The van der Waals surface area contributed by atoms with Crippen LogP contribution in [0.5, 0.6) is 0 Å². The number of aryl methyl sites for hydroxylation is 1. The van der Waals surface area contributed by atoms with Gasteiger partial charge in [0.2, 0.25) is 0 Å². The lowest BCUT2D eigenvalue weighted by atomic mass is 10.1. The number of unbranched alkanes of at least 4 members (excludes halogenated alkanes) is 2. The molecule has 3 aromatic rings. The summed E-state index contributed by atoms with van der Waals surface area (Å²) in [5, 5.41) is 2.58. The zero-order valence-corrected chi connectivity index (χ0v) is 13.3. The Labute approximate surface area is 132 Å². The lowest BCUT2D eigenvalue weighted by Crippen LogP contribution is -2.29. The summed E-state index contributed by atoms with van der Waals surface area (Å²) >= 11 is 1.46. The molecule has 2 aromatic heterocycles. The maximum absolute atomic E-state index is 12.3. The highest BCUT2D eigenvalue weighted by molar-refractivity contribution is 7.17. The van der Waals surface area contributed by atoms with Crippen LogP contribution >= 0.6 is 11.3 Å². The maximum Gasteiger partial charge on any atom is 0.329 e. The van der Waals surface area contributed by atoms with E-state index < -0.39 is 0 Å². The number of hydrogen-bond donors (Lipinski definition) is 1. The highest BCUT2D eigenvalue weighted by Gasteiger charge is 2.14. The molecule has 0 bridgehead atoms. The van der Waals surface area contributed by atoms with Crippen molar-refractivity contribution in [1.29, 1.82) is 0 Å². The van der Waals surface area contributed by atoms with Crippen LogP contribution < -0.4 is 11.2 Å². The highest BCUT2D eigenvalue weighted by atomic mass is 32.1. The van der Waals surface area contributed by atoms with Crippen LogP contribution in [0, 0.1) is 0 Å². The maximum atomic E-state index is 12.3. The Kier molecular flexibility index (Phi) is 4.24. The Morgan fingerprint density at radius 1 is 1.14 bits per heavy atom. The van der Waals surface area contributed by atoms with Crippen LogP contribution in [-0.2, 0) is 6.54 Å². The second-order valence-corrected chi connectivity index (χ2v) is 6.17. The average Bonchev–Trinajstić information content (AvgIpc) is 2.97. The van der Waals surface area contributed by atoms with Crippen LogP contribution in [0.3, 0.4) is 0 Å². The molecule has 22 heavy (non-hydrogen) atoms. The molecule has 0 spiro atoms. The minimum Gasteiger partial charge on any atom is -0.284 e. The predicted molar refractivity (Wildman–Crippen MR) is 91.7 cm³/mol. The zero-order valence-electron chi connectivity index (χ0n) is 12.5. The smallest absolute Gasteiger partial charge is 0.284 e. The third-order valence-electron chi connectivity index (χ3n) is 3.78. The van der Waals surface area contributed by atoms with Crippen molar-refractivity contribution in [2.24, 2.45) is 0 Å². The van der Waals surface area contributed by atoms with E-state index in [0.717, 1.165) is 35.2 Å². The number of thiophene rings is 1. The first-order valence-corrected chi connectivity index (χ1v) is 8.40. The standard InChI is InChI=1S/C17H18N2O2S/c1-2-3-7-10-19-16-14(15(20)18-17(19)21)13(11-22-16)12-8-5-4-6-9-12/h4-6,8-9,11H,2-3,7,10H2,1H3,(H,18,20,21). The van der Waals surface area contributed by atoms with Crippen molar-refractivity contribution in [3.63, 3.8) is 0 Å². The van der Waals surface area contributed by atoms with Crippen LogP contribution in [0.4, 0.5) is 0 Å². The predicted octanol–water partition coefficient (Wildman–Crippen LogP) is 3.61. The summed E-state index contributed by atoms with van der Waals surface area (Å²) < 4.78 is 1.70. The fourth-order valence-corrected chi connectivity index (χ4v) is 3.74. The SMILES string of the molecule is CCCCCn1c(=O)[nH]c(=O)c2c(-c3ccccc3)csc21. The van der Waals surface area contributed by atoms with E-state index in [-0.39, 0.29) is 11.2 Å². The third kappa shape index (κ3) is 2.64. The van der Waals surface area contributed by atoms with Gasteiger partial charge in [0.25, 0.3) is 5.56 Å². The van der Waals surface area contributed by atoms with Gasteiger partial charge in [0.15, 0.2) is 0 Å². The van der Waals surface area contributed by atoms with Gasteiger partial charge < -0.3 is 0 Å². The lowest BCUT2D eigenvalue weighted by Gasteiger charge is -2.06. The molecule has 3 rings (SSSR count). The molecule has 0 unspecified atom stereocenters. The van der Waals surface area contributed by atoms with Crippen molar-refractivity contribution in [3.05, 3.63) is 56.5 Å². The van der Waals surface area contributed by atoms with Gasteiger partial charge in [0.05, 0.1) is 5.39 Å². The van der Waals surface area contributed by atoms with Crippen LogP contribution in [0.1, 0.15) is 26.2 Å². The summed E-state index contributed by atoms with van der Waals surface area (Å²) in [4.78, 5) is 27.6. The number of hydrogen-bond acceptors (Lipinski definition) is 3. The molecule has 0 amide bonds. The lowest BCUT2D eigenvalue weighted by molar-refractivity contribution is 0.594. The summed E-state index contributed by atoms with van der Waals surface area (Å²) in [5.41, 5.74) is 1.28. The molecular weight excluding hydrogens is 296 g/mol. The molecule has 0 atom stereocenters. The van der Waals surface area contributed by atoms with Crippen LogP contribution in [0.25, 0.3) is 21.3 Å². The molecule has 0 saturated heterocycles. The van der Waals surface area contributed by atoms with Gasteiger partial charge in [-0.1, -0.05) is 50.1 Å². The monoisotopic (exact) mass is 314 g/mol.